The zero-order chi connectivity index (χ0) is 26.6. The van der Waals surface area contributed by atoms with Gasteiger partial charge in [-0.05, 0) is 80.8 Å². The second-order valence-electron chi connectivity index (χ2n) is 10.7. The van der Waals surface area contributed by atoms with Gasteiger partial charge >= 0.3 is 5.97 Å². The van der Waals surface area contributed by atoms with E-state index in [1.807, 2.05) is 43.3 Å². The van der Waals surface area contributed by atoms with Gasteiger partial charge in [-0.25, -0.2) is 4.79 Å². The number of aromatic hydroxyl groups is 1. The molecule has 2 aromatic carbocycles. The van der Waals surface area contributed by atoms with Crippen molar-refractivity contribution in [1.82, 2.24) is 4.90 Å². The maximum atomic E-state index is 12.8. The molecular formula is C29H37NO6. The highest BCUT2D eigenvalue weighted by molar-refractivity contribution is 6.04. The van der Waals surface area contributed by atoms with E-state index < -0.39 is 11.6 Å². The van der Waals surface area contributed by atoms with E-state index in [1.165, 1.54) is 4.90 Å². The zero-order valence-corrected chi connectivity index (χ0v) is 22.0. The molecule has 1 fully saturated rings. The lowest BCUT2D eigenvalue weighted by Gasteiger charge is -2.25. The summed E-state index contributed by atoms with van der Waals surface area (Å²) in [5.41, 5.74) is 1.55. The molecule has 0 aliphatic carbocycles. The van der Waals surface area contributed by atoms with Crippen molar-refractivity contribution in [2.75, 3.05) is 13.7 Å². The predicted octanol–water partition coefficient (Wildman–Crippen LogP) is 5.03. The maximum absolute atomic E-state index is 12.8. The van der Waals surface area contributed by atoms with E-state index in [0.29, 0.717) is 12.2 Å². The number of phenolic OH excluding ortho intramolecular Hbond substituents is 1. The number of amides is 2. The van der Waals surface area contributed by atoms with E-state index in [0.717, 1.165) is 17.5 Å². The fraction of sp³-hybridized carbons (Fsp3) is 0.483. The molecule has 3 rings (SSSR count). The summed E-state index contributed by atoms with van der Waals surface area (Å²) in [4.78, 5) is 38.4. The highest BCUT2D eigenvalue weighted by Crippen LogP contribution is 2.39. The highest BCUT2D eigenvalue weighted by Gasteiger charge is 2.44. The summed E-state index contributed by atoms with van der Waals surface area (Å²) < 4.78 is 10.9. The number of hydrogen-bond donors (Lipinski definition) is 1. The summed E-state index contributed by atoms with van der Waals surface area (Å²) >= 11 is 0. The van der Waals surface area contributed by atoms with Crippen molar-refractivity contribution >= 4 is 17.8 Å². The number of phenols is 1. The average Bonchev–Trinajstić information content (AvgIpc) is 2.99. The number of rotatable bonds is 9. The third-order valence-electron chi connectivity index (χ3n) is 6.74. The van der Waals surface area contributed by atoms with Crippen molar-refractivity contribution in [3.05, 3.63) is 59.7 Å². The first kappa shape index (κ1) is 27.2. The van der Waals surface area contributed by atoms with Crippen LogP contribution in [-0.4, -0.2) is 47.0 Å². The number of carbonyl (C=O) groups excluding carboxylic acids is 3. The molecule has 1 N–H and O–H groups in total. The quantitative estimate of drug-likeness (QED) is 0.387. The van der Waals surface area contributed by atoms with Crippen molar-refractivity contribution in [3.63, 3.8) is 0 Å². The summed E-state index contributed by atoms with van der Waals surface area (Å²) in [6.07, 6.45) is 1.31. The third-order valence-corrected chi connectivity index (χ3v) is 6.74. The van der Waals surface area contributed by atoms with Gasteiger partial charge in [-0.1, -0.05) is 38.1 Å². The summed E-state index contributed by atoms with van der Waals surface area (Å²) in [5, 5.41) is 9.64. The first-order chi connectivity index (χ1) is 16.9. The van der Waals surface area contributed by atoms with Crippen LogP contribution in [0, 0.1) is 11.8 Å². The first-order valence-electron chi connectivity index (χ1n) is 12.4. The minimum Gasteiger partial charge on any atom is -0.508 e. The van der Waals surface area contributed by atoms with Crippen molar-refractivity contribution in [3.8, 4) is 11.5 Å². The Bertz CT molecular complexity index is 1070. The minimum atomic E-state index is -0.573. The number of imide groups is 1. The molecule has 0 aromatic heterocycles. The molecule has 0 radical (unpaired) electrons. The van der Waals surface area contributed by atoms with E-state index in [4.69, 9.17) is 9.47 Å². The average molecular weight is 496 g/mol. The Morgan fingerprint density at radius 3 is 2.11 bits per heavy atom. The first-order valence-corrected chi connectivity index (χ1v) is 12.4. The Labute approximate surface area is 213 Å². The summed E-state index contributed by atoms with van der Waals surface area (Å²) in [6, 6.07) is 14.7. The molecule has 0 spiro atoms. The molecule has 4 atom stereocenters. The molecule has 7 nitrogen and oxygen atoms in total. The van der Waals surface area contributed by atoms with E-state index >= 15 is 0 Å². The standard InChI is InChI=1S/C29H37NO6/c1-18(20-7-11-23(31)12-8-20)15-22(16-25-19(2)27(33)30(6)28(25)34)21-9-13-24(14-10-21)35-17-26(32)36-29(3,4)5/h7-14,18-19,22,25,31H,15-17H2,1-6H3. The van der Waals surface area contributed by atoms with Crippen molar-refractivity contribution in [2.45, 2.75) is 64.9 Å². The molecule has 2 amide bonds. The molecule has 4 unspecified atom stereocenters. The second kappa shape index (κ2) is 11.1. The summed E-state index contributed by atoms with van der Waals surface area (Å²) in [5.74, 6) is -0.481. The fourth-order valence-corrected chi connectivity index (χ4v) is 4.74. The summed E-state index contributed by atoms with van der Waals surface area (Å²) in [7, 11) is 1.55. The van der Waals surface area contributed by atoms with Gasteiger partial charge < -0.3 is 14.6 Å². The van der Waals surface area contributed by atoms with Crippen LogP contribution < -0.4 is 4.74 Å². The van der Waals surface area contributed by atoms with Gasteiger partial charge in [-0.3, -0.25) is 14.5 Å². The molecular weight excluding hydrogens is 458 g/mol. The normalized spacial score (nSPS) is 19.8. The highest BCUT2D eigenvalue weighted by atomic mass is 16.6. The fourth-order valence-electron chi connectivity index (χ4n) is 4.74. The number of esters is 1. The third kappa shape index (κ3) is 6.86. The van der Waals surface area contributed by atoms with Gasteiger partial charge in [-0.2, -0.15) is 0 Å². The van der Waals surface area contributed by atoms with Crippen LogP contribution >= 0.6 is 0 Å². The number of benzene rings is 2. The lowest BCUT2D eigenvalue weighted by Crippen LogP contribution is -2.27. The van der Waals surface area contributed by atoms with Gasteiger partial charge in [-0.15, -0.1) is 0 Å². The monoisotopic (exact) mass is 495 g/mol. The van der Waals surface area contributed by atoms with Crippen molar-refractivity contribution in [1.29, 1.82) is 0 Å². The Hall–Kier alpha value is -3.35. The van der Waals surface area contributed by atoms with E-state index in [9.17, 15) is 19.5 Å². The molecule has 1 aliphatic heterocycles. The van der Waals surface area contributed by atoms with Gasteiger partial charge in [0.15, 0.2) is 6.61 Å². The summed E-state index contributed by atoms with van der Waals surface area (Å²) in [6.45, 7) is 9.18. The number of carbonyl (C=O) groups is 3. The molecule has 1 aliphatic rings. The van der Waals surface area contributed by atoms with Gasteiger partial charge in [0.1, 0.15) is 17.1 Å². The Kier molecular flexibility index (Phi) is 8.43. The van der Waals surface area contributed by atoms with Crippen LogP contribution in [0.15, 0.2) is 48.5 Å². The van der Waals surface area contributed by atoms with E-state index in [1.54, 1.807) is 40.0 Å². The molecule has 1 saturated heterocycles. The van der Waals surface area contributed by atoms with E-state index in [-0.39, 0.29) is 47.8 Å². The van der Waals surface area contributed by atoms with E-state index in [2.05, 4.69) is 6.92 Å². The van der Waals surface area contributed by atoms with Crippen molar-refractivity contribution < 1.29 is 29.0 Å². The Morgan fingerprint density at radius 2 is 1.58 bits per heavy atom. The Balaban J connectivity index is 1.77. The molecule has 36 heavy (non-hydrogen) atoms. The zero-order valence-electron chi connectivity index (χ0n) is 22.0. The minimum absolute atomic E-state index is 0.0180. The SMILES string of the molecule is CC(CC(CC1C(=O)N(C)C(=O)C1C)c1ccc(OCC(=O)OC(C)(C)C)cc1)c1ccc(O)cc1. The van der Waals surface area contributed by atoms with Crippen LogP contribution in [0.5, 0.6) is 11.5 Å². The van der Waals surface area contributed by atoms with Crippen LogP contribution in [0.1, 0.15) is 70.4 Å². The van der Waals surface area contributed by atoms with Gasteiger partial charge in [0.25, 0.3) is 0 Å². The second-order valence-corrected chi connectivity index (χ2v) is 10.7. The van der Waals surface area contributed by atoms with Crippen molar-refractivity contribution in [2.24, 2.45) is 11.8 Å². The molecule has 0 bridgehead atoms. The van der Waals surface area contributed by atoms with Crippen LogP contribution in [0.25, 0.3) is 0 Å². The molecule has 7 heteroatoms. The lowest BCUT2D eigenvalue weighted by atomic mass is 9.78. The van der Waals surface area contributed by atoms with Crippen LogP contribution in [0.3, 0.4) is 0 Å². The van der Waals surface area contributed by atoms with Crippen LogP contribution in [0.4, 0.5) is 0 Å². The van der Waals surface area contributed by atoms with Crippen LogP contribution in [0.2, 0.25) is 0 Å². The molecule has 1 heterocycles. The van der Waals surface area contributed by atoms with Gasteiger partial charge in [0.2, 0.25) is 11.8 Å². The molecule has 2 aromatic rings. The largest absolute Gasteiger partial charge is 0.508 e. The topological polar surface area (TPSA) is 93.1 Å². The maximum Gasteiger partial charge on any atom is 0.344 e. The van der Waals surface area contributed by atoms with Gasteiger partial charge in [0, 0.05) is 13.0 Å². The smallest absolute Gasteiger partial charge is 0.344 e. The number of hydrogen-bond acceptors (Lipinski definition) is 6. The number of nitrogens with zero attached hydrogens (tertiary/aromatic N) is 1. The molecule has 194 valence electrons. The van der Waals surface area contributed by atoms with Crippen LogP contribution in [-0.2, 0) is 19.1 Å². The number of ether oxygens (including phenoxy) is 2. The molecule has 0 saturated carbocycles. The Morgan fingerprint density at radius 1 is 1.00 bits per heavy atom. The predicted molar refractivity (Wildman–Crippen MR) is 137 cm³/mol. The number of likely N-dealkylation sites (tertiary alicyclic amines) is 1. The lowest BCUT2D eigenvalue weighted by molar-refractivity contribution is -0.157. The van der Waals surface area contributed by atoms with Gasteiger partial charge in [0.05, 0.1) is 5.92 Å².